The number of benzene rings is 3. The molecule has 1 atom stereocenters. The third kappa shape index (κ3) is 4.09. The van der Waals surface area contributed by atoms with Crippen LogP contribution in [0.2, 0.25) is 0 Å². The summed E-state index contributed by atoms with van der Waals surface area (Å²) in [6.45, 7) is 1.87. The minimum atomic E-state index is -0.604. The summed E-state index contributed by atoms with van der Waals surface area (Å²) in [7, 11) is 3.12. The van der Waals surface area contributed by atoms with Crippen molar-refractivity contribution >= 4 is 28.8 Å². The van der Waals surface area contributed by atoms with Gasteiger partial charge in [-0.05, 0) is 48.9 Å². The van der Waals surface area contributed by atoms with Gasteiger partial charge in [0.05, 0.1) is 37.1 Å². The lowest BCUT2D eigenvalue weighted by Gasteiger charge is -2.21. The zero-order chi connectivity index (χ0) is 22.7. The monoisotopic (exact) mass is 431 g/mol. The van der Waals surface area contributed by atoms with Crippen LogP contribution in [0.3, 0.4) is 0 Å². The van der Waals surface area contributed by atoms with E-state index >= 15 is 0 Å². The van der Waals surface area contributed by atoms with Crippen molar-refractivity contribution in [2.45, 2.75) is 12.8 Å². The van der Waals surface area contributed by atoms with Gasteiger partial charge in [-0.25, -0.2) is 9.38 Å². The maximum atomic E-state index is 14.2. The molecule has 3 aromatic rings. The average molecular weight is 431 g/mol. The quantitative estimate of drug-likeness (QED) is 0.618. The number of aliphatic imine (C=N–C) groups is 2. The Bertz CT molecular complexity index is 1240. The Kier molecular flexibility index (Phi) is 5.98. The second-order valence-electron chi connectivity index (χ2n) is 7.22. The number of ether oxygens (including phenoxy) is 2. The largest absolute Gasteiger partial charge is 0.493 e. The van der Waals surface area contributed by atoms with E-state index in [1.54, 1.807) is 26.4 Å². The molecule has 0 bridgehead atoms. The molecule has 1 amide bonds. The molecule has 0 radical (unpaired) electrons. The van der Waals surface area contributed by atoms with Crippen LogP contribution in [-0.4, -0.2) is 31.7 Å². The van der Waals surface area contributed by atoms with Gasteiger partial charge < -0.3 is 14.8 Å². The number of amides is 1. The molecule has 1 aliphatic rings. The molecule has 32 heavy (non-hydrogen) atoms. The van der Waals surface area contributed by atoms with Crippen molar-refractivity contribution in [2.75, 3.05) is 14.2 Å². The Morgan fingerprint density at radius 3 is 2.25 bits per heavy atom. The molecule has 6 nitrogen and oxygen atoms in total. The van der Waals surface area contributed by atoms with Gasteiger partial charge in [-0.1, -0.05) is 30.3 Å². The van der Waals surface area contributed by atoms with Crippen molar-refractivity contribution in [1.29, 1.82) is 0 Å². The van der Waals surface area contributed by atoms with E-state index in [9.17, 15) is 9.18 Å². The summed E-state index contributed by atoms with van der Waals surface area (Å²) in [5.74, 6) is -0.210. The van der Waals surface area contributed by atoms with Crippen LogP contribution in [-0.2, 0) is 0 Å². The number of nitrogens with one attached hydrogen (secondary N) is 1. The highest BCUT2D eigenvalue weighted by molar-refractivity contribution is 6.19. The van der Waals surface area contributed by atoms with Gasteiger partial charge in [0.2, 0.25) is 0 Å². The summed E-state index contributed by atoms with van der Waals surface area (Å²) < 4.78 is 25.0. The van der Waals surface area contributed by atoms with Crippen molar-refractivity contribution < 1.29 is 18.7 Å². The summed E-state index contributed by atoms with van der Waals surface area (Å²) in [5.41, 5.74) is 2.75. The van der Waals surface area contributed by atoms with Crippen LogP contribution < -0.4 is 14.8 Å². The number of rotatable bonds is 4. The SMILES string of the molecule is COc1ccc(C2C(C)=Nc3ccccc3N=C2NC(=O)c2ccccc2F)cc1OC. The van der Waals surface area contributed by atoms with E-state index in [4.69, 9.17) is 19.5 Å². The van der Waals surface area contributed by atoms with Gasteiger partial charge in [0.1, 0.15) is 11.7 Å². The number of carbonyl (C=O) groups excluding carboxylic acids is 1. The van der Waals surface area contributed by atoms with Crippen LogP contribution in [0.1, 0.15) is 28.8 Å². The number of fused-ring (bicyclic) bond motifs is 1. The van der Waals surface area contributed by atoms with E-state index in [0.717, 1.165) is 11.3 Å². The highest BCUT2D eigenvalue weighted by Gasteiger charge is 2.28. The summed E-state index contributed by atoms with van der Waals surface area (Å²) in [6, 6.07) is 18.7. The zero-order valence-corrected chi connectivity index (χ0v) is 17.9. The third-order valence-corrected chi connectivity index (χ3v) is 5.21. The topological polar surface area (TPSA) is 72.3 Å². The first-order valence-corrected chi connectivity index (χ1v) is 10.0. The summed E-state index contributed by atoms with van der Waals surface area (Å²) in [4.78, 5) is 22.4. The molecule has 7 heteroatoms. The van der Waals surface area contributed by atoms with Crippen molar-refractivity contribution in [2.24, 2.45) is 9.98 Å². The molecule has 1 heterocycles. The molecule has 0 spiro atoms. The minimum Gasteiger partial charge on any atom is -0.493 e. The van der Waals surface area contributed by atoms with Crippen LogP contribution in [0.5, 0.6) is 11.5 Å². The van der Waals surface area contributed by atoms with E-state index in [2.05, 4.69) is 5.32 Å². The number of methoxy groups -OCH3 is 2. The highest BCUT2D eigenvalue weighted by Crippen LogP contribution is 2.37. The number of hydrogen-bond donors (Lipinski definition) is 1. The van der Waals surface area contributed by atoms with Gasteiger partial charge in [-0.15, -0.1) is 0 Å². The maximum absolute atomic E-state index is 14.2. The Balaban J connectivity index is 1.83. The minimum absolute atomic E-state index is 0.0617. The van der Waals surface area contributed by atoms with E-state index in [0.29, 0.717) is 28.7 Å². The number of hydrogen-bond acceptors (Lipinski definition) is 5. The van der Waals surface area contributed by atoms with Gasteiger partial charge in [-0.2, -0.15) is 0 Å². The lowest BCUT2D eigenvalue weighted by Crippen LogP contribution is -2.37. The fraction of sp³-hybridized carbons (Fsp3) is 0.160. The first-order chi connectivity index (χ1) is 15.5. The fourth-order valence-electron chi connectivity index (χ4n) is 3.66. The first-order valence-electron chi connectivity index (χ1n) is 10.0. The van der Waals surface area contributed by atoms with Crippen LogP contribution in [0.15, 0.2) is 76.7 Å². The van der Waals surface area contributed by atoms with Gasteiger partial charge in [0.15, 0.2) is 11.5 Å². The van der Waals surface area contributed by atoms with Crippen LogP contribution in [0, 0.1) is 5.82 Å². The molecule has 1 unspecified atom stereocenters. The standard InChI is InChI=1S/C25H22FN3O3/c1-15-23(16-12-13-21(31-2)22(14-16)32-3)24(28-20-11-7-6-10-19(20)27-15)29-25(30)17-8-4-5-9-18(17)26/h4-14,23H,1-3H3,(H,28,29,30). The maximum Gasteiger partial charge on any atom is 0.259 e. The summed E-state index contributed by atoms with van der Waals surface area (Å²) >= 11 is 0. The Morgan fingerprint density at radius 1 is 0.906 bits per heavy atom. The van der Waals surface area contributed by atoms with Crippen molar-refractivity contribution in [1.82, 2.24) is 5.32 Å². The Hall–Kier alpha value is -4.00. The van der Waals surface area contributed by atoms with Crippen molar-refractivity contribution in [3.05, 3.63) is 83.7 Å². The molecule has 3 aromatic carbocycles. The second-order valence-corrected chi connectivity index (χ2v) is 7.22. The summed E-state index contributed by atoms with van der Waals surface area (Å²) in [6.07, 6.45) is 0. The predicted molar refractivity (Wildman–Crippen MR) is 122 cm³/mol. The van der Waals surface area contributed by atoms with Crippen LogP contribution in [0.4, 0.5) is 15.8 Å². The fourth-order valence-corrected chi connectivity index (χ4v) is 3.66. The Morgan fingerprint density at radius 2 is 1.56 bits per heavy atom. The molecule has 1 N–H and O–H groups in total. The average Bonchev–Trinajstić information content (AvgIpc) is 2.94. The molecule has 0 aliphatic carbocycles. The first kappa shape index (κ1) is 21.2. The molecule has 0 fully saturated rings. The smallest absolute Gasteiger partial charge is 0.259 e. The van der Waals surface area contributed by atoms with Crippen molar-refractivity contribution in [3.8, 4) is 11.5 Å². The van der Waals surface area contributed by atoms with Gasteiger partial charge in [0, 0.05) is 5.71 Å². The molecule has 0 saturated carbocycles. The van der Waals surface area contributed by atoms with Gasteiger partial charge in [0.25, 0.3) is 5.91 Å². The molecule has 4 rings (SSSR count). The molecule has 1 aliphatic heterocycles. The number of para-hydroxylation sites is 2. The van der Waals surface area contributed by atoms with Crippen molar-refractivity contribution in [3.63, 3.8) is 0 Å². The van der Waals surface area contributed by atoms with Crippen LogP contribution in [0.25, 0.3) is 0 Å². The third-order valence-electron chi connectivity index (χ3n) is 5.21. The van der Waals surface area contributed by atoms with E-state index in [-0.39, 0.29) is 5.56 Å². The lowest BCUT2D eigenvalue weighted by atomic mass is 9.92. The second kappa shape index (κ2) is 9.01. The van der Waals surface area contributed by atoms with E-state index < -0.39 is 17.6 Å². The lowest BCUT2D eigenvalue weighted by molar-refractivity contribution is 0.0972. The number of carbonyl (C=O) groups is 1. The zero-order valence-electron chi connectivity index (χ0n) is 17.9. The highest BCUT2D eigenvalue weighted by atomic mass is 19.1. The van der Waals surface area contributed by atoms with E-state index in [1.165, 1.54) is 18.2 Å². The number of nitrogens with zero attached hydrogens (tertiary/aromatic N) is 2. The molecule has 0 saturated heterocycles. The molecule has 0 aromatic heterocycles. The molecular weight excluding hydrogens is 409 g/mol. The normalized spacial score (nSPS) is 15.1. The predicted octanol–water partition coefficient (Wildman–Crippen LogP) is 5.19. The van der Waals surface area contributed by atoms with Gasteiger partial charge >= 0.3 is 0 Å². The van der Waals surface area contributed by atoms with E-state index in [1.807, 2.05) is 43.3 Å². The molecule has 162 valence electrons. The Labute approximate surface area is 185 Å². The number of halogens is 1. The van der Waals surface area contributed by atoms with Crippen LogP contribution >= 0.6 is 0 Å². The molecular formula is C25H22FN3O3. The number of amidine groups is 1. The summed E-state index contributed by atoms with van der Waals surface area (Å²) in [5, 5.41) is 2.82. The van der Waals surface area contributed by atoms with Gasteiger partial charge in [-0.3, -0.25) is 9.79 Å².